The zero-order chi connectivity index (χ0) is 19.4. The van der Waals surface area contributed by atoms with Crippen molar-refractivity contribution in [3.05, 3.63) is 58.5 Å². The summed E-state index contributed by atoms with van der Waals surface area (Å²) in [4.78, 5) is 40.9. The standard InChI is InChI=1S/C19H19N3O5/c1-11(27-17(23)9-12-5-3-4-6-16(12)26-2)18(24)20-13-7-8-14-15(10-13)22-19(25)21-14/h3-8,10-11H,9H2,1-2H3,(H,20,24)(H2,21,22,25)/t11-/m1/s1. The molecule has 8 nitrogen and oxygen atoms in total. The zero-order valence-electron chi connectivity index (χ0n) is 14.9. The number of rotatable bonds is 6. The molecule has 3 aromatic rings. The van der Waals surface area contributed by atoms with E-state index in [9.17, 15) is 14.4 Å². The Morgan fingerprint density at radius 1 is 1.11 bits per heavy atom. The third-order valence-corrected chi connectivity index (χ3v) is 3.99. The first-order valence-corrected chi connectivity index (χ1v) is 8.30. The lowest BCUT2D eigenvalue weighted by Crippen LogP contribution is -2.30. The average Bonchev–Trinajstić information content (AvgIpc) is 3.01. The van der Waals surface area contributed by atoms with Crippen LogP contribution in [0.2, 0.25) is 0 Å². The van der Waals surface area contributed by atoms with E-state index in [1.54, 1.807) is 42.5 Å². The van der Waals surface area contributed by atoms with Crippen molar-refractivity contribution < 1.29 is 19.1 Å². The maximum Gasteiger partial charge on any atom is 0.323 e. The lowest BCUT2D eigenvalue weighted by atomic mass is 10.1. The molecule has 1 heterocycles. The summed E-state index contributed by atoms with van der Waals surface area (Å²) in [7, 11) is 1.52. The molecule has 1 amide bonds. The molecule has 0 aliphatic rings. The van der Waals surface area contributed by atoms with Gasteiger partial charge >= 0.3 is 11.7 Å². The highest BCUT2D eigenvalue weighted by Gasteiger charge is 2.19. The molecule has 8 heteroatoms. The molecule has 1 atom stereocenters. The molecule has 0 aliphatic heterocycles. The molecule has 1 aromatic heterocycles. The number of carbonyl (C=O) groups is 2. The van der Waals surface area contributed by atoms with Gasteiger partial charge in [0.2, 0.25) is 0 Å². The molecule has 2 aromatic carbocycles. The van der Waals surface area contributed by atoms with Crippen molar-refractivity contribution in [3.8, 4) is 5.75 Å². The number of aromatic nitrogens is 2. The number of para-hydroxylation sites is 1. The Bertz CT molecular complexity index is 1040. The number of esters is 1. The number of benzene rings is 2. The molecular weight excluding hydrogens is 350 g/mol. The molecule has 3 rings (SSSR count). The quantitative estimate of drug-likeness (QED) is 0.575. The highest BCUT2D eigenvalue weighted by molar-refractivity contribution is 5.96. The highest BCUT2D eigenvalue weighted by atomic mass is 16.5. The summed E-state index contributed by atoms with van der Waals surface area (Å²) < 4.78 is 10.4. The summed E-state index contributed by atoms with van der Waals surface area (Å²) >= 11 is 0. The fraction of sp³-hybridized carbons (Fsp3) is 0.211. The van der Waals surface area contributed by atoms with Gasteiger partial charge in [0.25, 0.3) is 5.91 Å². The molecular formula is C19H19N3O5. The molecule has 0 aliphatic carbocycles. The van der Waals surface area contributed by atoms with E-state index in [1.165, 1.54) is 14.0 Å². The van der Waals surface area contributed by atoms with Crippen LogP contribution in [0.1, 0.15) is 12.5 Å². The van der Waals surface area contributed by atoms with Gasteiger partial charge in [0.1, 0.15) is 5.75 Å². The minimum Gasteiger partial charge on any atom is -0.496 e. The third kappa shape index (κ3) is 4.35. The van der Waals surface area contributed by atoms with Crippen LogP contribution < -0.4 is 15.7 Å². The van der Waals surface area contributed by atoms with Gasteiger partial charge in [0, 0.05) is 11.3 Å². The third-order valence-electron chi connectivity index (χ3n) is 3.99. The first-order valence-electron chi connectivity index (χ1n) is 8.30. The van der Waals surface area contributed by atoms with Crippen LogP contribution in [0.4, 0.5) is 5.69 Å². The molecule has 0 unspecified atom stereocenters. The van der Waals surface area contributed by atoms with E-state index >= 15 is 0 Å². The van der Waals surface area contributed by atoms with Gasteiger partial charge in [-0.2, -0.15) is 0 Å². The Labute approximate surface area is 154 Å². The summed E-state index contributed by atoms with van der Waals surface area (Å²) in [5.74, 6) is -0.423. The molecule has 3 N–H and O–H groups in total. The Hall–Kier alpha value is -3.55. The maximum absolute atomic E-state index is 12.3. The molecule has 0 saturated heterocycles. The van der Waals surface area contributed by atoms with Gasteiger partial charge in [0.05, 0.1) is 24.6 Å². The first-order chi connectivity index (χ1) is 13.0. The number of imidazole rings is 1. The van der Waals surface area contributed by atoms with E-state index in [-0.39, 0.29) is 12.1 Å². The lowest BCUT2D eigenvalue weighted by molar-refractivity contribution is -0.152. The Kier molecular flexibility index (Phi) is 5.25. The smallest absolute Gasteiger partial charge is 0.323 e. The van der Waals surface area contributed by atoms with E-state index in [2.05, 4.69) is 15.3 Å². The topological polar surface area (TPSA) is 113 Å². The molecule has 0 spiro atoms. The molecule has 27 heavy (non-hydrogen) atoms. The summed E-state index contributed by atoms with van der Waals surface area (Å²) in [6.45, 7) is 1.49. The van der Waals surface area contributed by atoms with Crippen LogP contribution in [-0.4, -0.2) is 35.1 Å². The maximum atomic E-state index is 12.3. The van der Waals surface area contributed by atoms with Crippen molar-refractivity contribution in [2.45, 2.75) is 19.4 Å². The monoisotopic (exact) mass is 369 g/mol. The molecule has 0 saturated carbocycles. The summed E-state index contributed by atoms with van der Waals surface area (Å²) in [6.07, 6.45) is -0.980. The van der Waals surface area contributed by atoms with Gasteiger partial charge in [-0.1, -0.05) is 18.2 Å². The van der Waals surface area contributed by atoms with Crippen LogP contribution in [0, 0.1) is 0 Å². The summed E-state index contributed by atoms with van der Waals surface area (Å²) in [5.41, 5.74) is 2.04. The second kappa shape index (κ2) is 7.77. The fourth-order valence-corrected chi connectivity index (χ4v) is 2.65. The number of ether oxygens (including phenoxy) is 2. The minimum absolute atomic E-state index is 0.00181. The van der Waals surface area contributed by atoms with Crippen LogP contribution in [0.5, 0.6) is 5.75 Å². The largest absolute Gasteiger partial charge is 0.496 e. The number of amides is 1. The van der Waals surface area contributed by atoms with Crippen molar-refractivity contribution in [2.24, 2.45) is 0 Å². The second-order valence-electron chi connectivity index (χ2n) is 5.95. The number of aromatic amines is 2. The number of anilines is 1. The van der Waals surface area contributed by atoms with Crippen LogP contribution in [0.15, 0.2) is 47.3 Å². The molecule has 140 valence electrons. The number of H-pyrrole nitrogens is 2. The molecule has 0 fully saturated rings. The van der Waals surface area contributed by atoms with Crippen molar-refractivity contribution in [3.63, 3.8) is 0 Å². The highest BCUT2D eigenvalue weighted by Crippen LogP contribution is 2.19. The minimum atomic E-state index is -0.979. The van der Waals surface area contributed by atoms with Gasteiger partial charge in [0.15, 0.2) is 6.10 Å². The van der Waals surface area contributed by atoms with Crippen LogP contribution >= 0.6 is 0 Å². The average molecular weight is 369 g/mol. The van der Waals surface area contributed by atoms with Crippen molar-refractivity contribution in [1.29, 1.82) is 0 Å². The van der Waals surface area contributed by atoms with E-state index in [4.69, 9.17) is 9.47 Å². The predicted molar refractivity (Wildman–Crippen MR) is 99.8 cm³/mol. The van der Waals surface area contributed by atoms with Crippen molar-refractivity contribution in [1.82, 2.24) is 9.97 Å². The molecule has 0 radical (unpaired) electrons. The van der Waals surface area contributed by atoms with Gasteiger partial charge in [-0.25, -0.2) is 4.79 Å². The normalized spacial score (nSPS) is 11.8. The lowest BCUT2D eigenvalue weighted by Gasteiger charge is -2.14. The Morgan fingerprint density at radius 3 is 2.63 bits per heavy atom. The number of nitrogens with one attached hydrogen (secondary N) is 3. The van der Waals surface area contributed by atoms with Gasteiger partial charge in [-0.15, -0.1) is 0 Å². The van der Waals surface area contributed by atoms with Crippen molar-refractivity contribution in [2.75, 3.05) is 12.4 Å². The SMILES string of the molecule is COc1ccccc1CC(=O)O[C@H](C)C(=O)Nc1ccc2[nH]c(=O)[nH]c2c1. The number of methoxy groups -OCH3 is 1. The Morgan fingerprint density at radius 2 is 1.85 bits per heavy atom. The van der Waals surface area contributed by atoms with Gasteiger partial charge < -0.3 is 24.8 Å². The predicted octanol–water partition coefficient (Wildman–Crippen LogP) is 1.98. The second-order valence-corrected chi connectivity index (χ2v) is 5.95. The van der Waals surface area contributed by atoms with E-state index in [0.717, 1.165) is 0 Å². The summed E-state index contributed by atoms with van der Waals surface area (Å²) in [5, 5.41) is 2.66. The van der Waals surface area contributed by atoms with E-state index < -0.39 is 18.0 Å². The van der Waals surface area contributed by atoms with Crippen molar-refractivity contribution >= 4 is 28.6 Å². The number of fused-ring (bicyclic) bond motifs is 1. The van der Waals surface area contributed by atoms with Crippen LogP contribution in [0.25, 0.3) is 11.0 Å². The summed E-state index contributed by atoms with van der Waals surface area (Å²) in [6, 6.07) is 12.0. The van der Waals surface area contributed by atoms with E-state index in [1.807, 2.05) is 0 Å². The zero-order valence-corrected chi connectivity index (χ0v) is 14.9. The number of hydrogen-bond donors (Lipinski definition) is 3. The van der Waals surface area contributed by atoms with Gasteiger partial charge in [-0.3, -0.25) is 9.59 Å². The van der Waals surface area contributed by atoms with Crippen LogP contribution in [-0.2, 0) is 20.7 Å². The fourth-order valence-electron chi connectivity index (χ4n) is 2.65. The van der Waals surface area contributed by atoms with Crippen LogP contribution in [0.3, 0.4) is 0 Å². The molecule has 0 bridgehead atoms. The van der Waals surface area contributed by atoms with Gasteiger partial charge in [-0.05, 0) is 31.2 Å². The van der Waals surface area contributed by atoms with E-state index in [0.29, 0.717) is 28.0 Å². The first kappa shape index (κ1) is 18.2. The number of hydrogen-bond acceptors (Lipinski definition) is 5. The Balaban J connectivity index is 1.60. The number of carbonyl (C=O) groups excluding carboxylic acids is 2.